The maximum Gasteiger partial charge on any atom is 0.0475 e. The minimum absolute atomic E-state index is 0.349. The van der Waals surface area contributed by atoms with Crippen LogP contribution in [-0.2, 0) is 6.54 Å². The minimum Gasteiger partial charge on any atom is -0.298 e. The molecular formula is C10H13ClN2. The van der Waals surface area contributed by atoms with Crippen molar-refractivity contribution >= 4 is 11.6 Å². The van der Waals surface area contributed by atoms with E-state index in [4.69, 9.17) is 11.6 Å². The number of halogens is 1. The van der Waals surface area contributed by atoms with Gasteiger partial charge in [-0.15, -0.1) is 11.6 Å². The summed E-state index contributed by atoms with van der Waals surface area (Å²) in [5, 5.41) is 0.349. The highest BCUT2D eigenvalue weighted by Gasteiger charge is 2.19. The van der Waals surface area contributed by atoms with E-state index in [-0.39, 0.29) is 0 Å². The number of likely N-dealkylation sites (tertiary alicyclic amines) is 1. The van der Waals surface area contributed by atoms with Crippen LogP contribution in [0.25, 0.3) is 0 Å². The summed E-state index contributed by atoms with van der Waals surface area (Å²) in [5.41, 5.74) is 1.32. The van der Waals surface area contributed by atoms with Crippen LogP contribution in [0.4, 0.5) is 0 Å². The van der Waals surface area contributed by atoms with Gasteiger partial charge < -0.3 is 0 Å². The Labute approximate surface area is 83.5 Å². The van der Waals surface area contributed by atoms with Gasteiger partial charge in [0.15, 0.2) is 0 Å². The Kier molecular flexibility index (Phi) is 2.81. The average molecular weight is 197 g/mol. The molecule has 1 fully saturated rings. The van der Waals surface area contributed by atoms with Gasteiger partial charge in [0, 0.05) is 30.9 Å². The topological polar surface area (TPSA) is 16.1 Å². The van der Waals surface area contributed by atoms with Crippen LogP contribution in [0.5, 0.6) is 0 Å². The second-order valence-electron chi connectivity index (χ2n) is 3.48. The molecule has 1 aromatic rings. The second kappa shape index (κ2) is 4.07. The van der Waals surface area contributed by atoms with Gasteiger partial charge in [0.05, 0.1) is 0 Å². The lowest BCUT2D eigenvalue weighted by Gasteiger charge is -2.14. The molecule has 0 spiro atoms. The lowest BCUT2D eigenvalue weighted by molar-refractivity contribution is 0.332. The van der Waals surface area contributed by atoms with Crippen molar-refractivity contribution in [2.24, 2.45) is 0 Å². The molecule has 1 unspecified atom stereocenters. The van der Waals surface area contributed by atoms with Gasteiger partial charge in [0.1, 0.15) is 0 Å². The second-order valence-corrected chi connectivity index (χ2v) is 4.09. The molecule has 70 valence electrons. The Morgan fingerprint density at radius 1 is 1.46 bits per heavy atom. The predicted molar refractivity (Wildman–Crippen MR) is 53.8 cm³/mol. The predicted octanol–water partition coefficient (Wildman–Crippen LogP) is 1.89. The van der Waals surface area contributed by atoms with Crippen molar-refractivity contribution in [2.45, 2.75) is 18.3 Å². The number of hydrogen-bond donors (Lipinski definition) is 0. The zero-order valence-electron chi connectivity index (χ0n) is 7.49. The van der Waals surface area contributed by atoms with Crippen LogP contribution in [0.3, 0.4) is 0 Å². The molecule has 2 rings (SSSR count). The largest absolute Gasteiger partial charge is 0.298 e. The summed E-state index contributed by atoms with van der Waals surface area (Å²) in [5.74, 6) is 0. The van der Waals surface area contributed by atoms with Gasteiger partial charge in [-0.1, -0.05) is 0 Å². The number of aromatic nitrogens is 1. The van der Waals surface area contributed by atoms with Gasteiger partial charge in [-0.25, -0.2) is 0 Å². The monoisotopic (exact) mass is 196 g/mol. The van der Waals surface area contributed by atoms with Crippen molar-refractivity contribution in [3.8, 4) is 0 Å². The Bertz CT molecular complexity index is 263. The molecule has 0 bridgehead atoms. The third-order valence-electron chi connectivity index (χ3n) is 2.37. The van der Waals surface area contributed by atoms with Gasteiger partial charge in [-0.05, 0) is 30.7 Å². The summed E-state index contributed by atoms with van der Waals surface area (Å²) in [6.07, 6.45) is 4.79. The fraction of sp³-hybridized carbons (Fsp3) is 0.500. The number of hydrogen-bond acceptors (Lipinski definition) is 2. The van der Waals surface area contributed by atoms with Crippen LogP contribution in [0.15, 0.2) is 24.5 Å². The first-order valence-corrected chi connectivity index (χ1v) is 5.03. The molecule has 0 aliphatic carbocycles. The molecule has 1 aromatic heterocycles. The highest BCUT2D eigenvalue weighted by Crippen LogP contribution is 2.16. The number of rotatable bonds is 2. The fourth-order valence-corrected chi connectivity index (χ4v) is 1.97. The first-order chi connectivity index (χ1) is 6.34. The number of pyridine rings is 1. The zero-order valence-corrected chi connectivity index (χ0v) is 8.24. The highest BCUT2D eigenvalue weighted by atomic mass is 35.5. The first kappa shape index (κ1) is 8.97. The Morgan fingerprint density at radius 2 is 2.23 bits per heavy atom. The standard InChI is InChI=1S/C10H13ClN2/c11-10-3-6-13(8-10)7-9-1-4-12-5-2-9/h1-2,4-5,10H,3,6-8H2. The summed E-state index contributed by atoms with van der Waals surface area (Å²) in [6.45, 7) is 3.14. The average Bonchev–Trinajstić information content (AvgIpc) is 2.53. The van der Waals surface area contributed by atoms with E-state index in [1.807, 2.05) is 12.4 Å². The normalized spacial score (nSPS) is 23.6. The SMILES string of the molecule is ClC1CCN(Cc2ccncc2)C1. The van der Waals surface area contributed by atoms with E-state index < -0.39 is 0 Å². The van der Waals surface area contributed by atoms with Crippen LogP contribution in [0.1, 0.15) is 12.0 Å². The summed E-state index contributed by atoms with van der Waals surface area (Å²) in [4.78, 5) is 6.37. The third-order valence-corrected chi connectivity index (χ3v) is 2.73. The molecule has 1 aliphatic heterocycles. The molecule has 1 atom stereocenters. The van der Waals surface area contributed by atoms with Gasteiger partial charge in [0.2, 0.25) is 0 Å². The summed E-state index contributed by atoms with van der Waals surface area (Å²) >= 11 is 6.02. The van der Waals surface area contributed by atoms with Gasteiger partial charge in [-0.2, -0.15) is 0 Å². The molecule has 0 aromatic carbocycles. The van der Waals surface area contributed by atoms with Crippen molar-refractivity contribution in [1.82, 2.24) is 9.88 Å². The molecule has 0 radical (unpaired) electrons. The highest BCUT2D eigenvalue weighted by molar-refractivity contribution is 6.20. The first-order valence-electron chi connectivity index (χ1n) is 4.60. The molecule has 1 aliphatic rings. The van der Waals surface area contributed by atoms with Crippen molar-refractivity contribution in [3.63, 3.8) is 0 Å². The Balaban J connectivity index is 1.92. The van der Waals surface area contributed by atoms with Gasteiger partial charge in [-0.3, -0.25) is 9.88 Å². The van der Waals surface area contributed by atoms with E-state index in [9.17, 15) is 0 Å². The number of nitrogens with zero attached hydrogens (tertiary/aromatic N) is 2. The smallest absolute Gasteiger partial charge is 0.0475 e. The molecule has 1 saturated heterocycles. The van der Waals surface area contributed by atoms with Crippen molar-refractivity contribution in [1.29, 1.82) is 0 Å². The quantitative estimate of drug-likeness (QED) is 0.672. The van der Waals surface area contributed by atoms with Crippen molar-refractivity contribution in [3.05, 3.63) is 30.1 Å². The summed E-state index contributed by atoms with van der Waals surface area (Å²) in [7, 11) is 0. The van der Waals surface area contributed by atoms with E-state index in [0.717, 1.165) is 26.1 Å². The Morgan fingerprint density at radius 3 is 2.85 bits per heavy atom. The van der Waals surface area contributed by atoms with E-state index in [1.54, 1.807) is 0 Å². The maximum absolute atomic E-state index is 6.02. The van der Waals surface area contributed by atoms with Crippen LogP contribution >= 0.6 is 11.6 Å². The molecule has 2 heterocycles. The zero-order chi connectivity index (χ0) is 9.10. The van der Waals surface area contributed by atoms with E-state index in [2.05, 4.69) is 22.0 Å². The van der Waals surface area contributed by atoms with E-state index in [0.29, 0.717) is 5.38 Å². The van der Waals surface area contributed by atoms with E-state index in [1.165, 1.54) is 5.56 Å². The molecule has 0 saturated carbocycles. The van der Waals surface area contributed by atoms with Gasteiger partial charge in [0.25, 0.3) is 0 Å². The van der Waals surface area contributed by atoms with Crippen molar-refractivity contribution in [2.75, 3.05) is 13.1 Å². The van der Waals surface area contributed by atoms with Gasteiger partial charge >= 0.3 is 0 Å². The van der Waals surface area contributed by atoms with Crippen LogP contribution in [0.2, 0.25) is 0 Å². The summed E-state index contributed by atoms with van der Waals surface area (Å²) in [6, 6.07) is 4.11. The molecule has 0 N–H and O–H groups in total. The molecule has 3 heteroatoms. The summed E-state index contributed by atoms with van der Waals surface area (Å²) < 4.78 is 0. The third kappa shape index (κ3) is 2.42. The molecule has 13 heavy (non-hydrogen) atoms. The minimum atomic E-state index is 0.349. The number of alkyl halides is 1. The van der Waals surface area contributed by atoms with Crippen LogP contribution in [-0.4, -0.2) is 28.4 Å². The molecule has 2 nitrogen and oxygen atoms in total. The fourth-order valence-electron chi connectivity index (χ4n) is 1.68. The Hall–Kier alpha value is -0.600. The lowest BCUT2D eigenvalue weighted by atomic mass is 10.2. The molecular weight excluding hydrogens is 184 g/mol. The van der Waals surface area contributed by atoms with E-state index >= 15 is 0 Å². The van der Waals surface area contributed by atoms with Crippen molar-refractivity contribution < 1.29 is 0 Å². The van der Waals surface area contributed by atoms with Crippen LogP contribution in [0, 0.1) is 0 Å². The maximum atomic E-state index is 6.02. The molecule has 0 amide bonds. The van der Waals surface area contributed by atoms with Crippen LogP contribution < -0.4 is 0 Å². The lowest BCUT2D eigenvalue weighted by Crippen LogP contribution is -2.20.